The van der Waals surface area contributed by atoms with Crippen LogP contribution in [0.5, 0.6) is 0 Å². The average Bonchev–Trinajstić information content (AvgIpc) is 3.57. The van der Waals surface area contributed by atoms with Crippen LogP contribution in [0.25, 0.3) is 22.3 Å². The first-order valence-corrected chi connectivity index (χ1v) is 12.2. The van der Waals surface area contributed by atoms with Crippen molar-refractivity contribution in [2.45, 2.75) is 50.5 Å². The fourth-order valence-electron chi connectivity index (χ4n) is 5.15. The minimum absolute atomic E-state index is 0.519. The van der Waals surface area contributed by atoms with E-state index in [2.05, 4.69) is 34.0 Å². The Labute approximate surface area is 189 Å². The molecule has 32 heavy (non-hydrogen) atoms. The van der Waals surface area contributed by atoms with Crippen LogP contribution in [0, 0.1) is 5.92 Å². The van der Waals surface area contributed by atoms with E-state index in [-0.39, 0.29) is 0 Å². The molecule has 7 heteroatoms. The molecule has 168 valence electrons. The van der Waals surface area contributed by atoms with Gasteiger partial charge in [0, 0.05) is 36.5 Å². The van der Waals surface area contributed by atoms with Crippen LogP contribution in [0.4, 0.5) is 5.69 Å². The number of nitrogens with two attached hydrogens (primary N) is 1. The second-order valence-electron chi connectivity index (χ2n) is 9.63. The molecule has 3 fully saturated rings. The van der Waals surface area contributed by atoms with Gasteiger partial charge in [0.25, 0.3) is 0 Å². The quantitative estimate of drug-likeness (QED) is 0.610. The van der Waals surface area contributed by atoms with E-state index < -0.39 is 0 Å². The highest BCUT2D eigenvalue weighted by Crippen LogP contribution is 2.46. The van der Waals surface area contributed by atoms with Crippen molar-refractivity contribution < 1.29 is 4.74 Å². The fraction of sp³-hybridized carbons (Fsp3) is 0.560. The molecule has 0 bridgehead atoms. The molecule has 0 amide bonds. The smallest absolute Gasteiger partial charge is 0.0927 e. The highest BCUT2D eigenvalue weighted by atomic mass is 16.5. The molecule has 2 aromatic heterocycles. The van der Waals surface area contributed by atoms with E-state index in [1.165, 1.54) is 49.0 Å². The molecule has 1 aromatic carbocycles. The van der Waals surface area contributed by atoms with Crippen LogP contribution in [0.15, 0.2) is 30.6 Å². The van der Waals surface area contributed by atoms with Crippen LogP contribution < -0.4 is 10.6 Å². The molecule has 3 heterocycles. The SMILES string of the molecule is NCCCC1CC(n2cc(-c3cnc4ccc(N5CCOCC5)cc4n3)c(C3CC3)n2)C1. The molecule has 0 unspecified atom stereocenters. The maximum atomic E-state index is 5.68. The lowest BCUT2D eigenvalue weighted by molar-refractivity contribution is 0.122. The summed E-state index contributed by atoms with van der Waals surface area (Å²) in [6, 6.07) is 6.92. The molecule has 1 saturated heterocycles. The molecule has 2 N–H and O–H groups in total. The number of fused-ring (bicyclic) bond motifs is 1. The van der Waals surface area contributed by atoms with E-state index in [0.29, 0.717) is 12.0 Å². The fourth-order valence-corrected chi connectivity index (χ4v) is 5.15. The summed E-state index contributed by atoms with van der Waals surface area (Å²) in [5.74, 6) is 1.39. The summed E-state index contributed by atoms with van der Waals surface area (Å²) in [6.07, 6.45) is 11.4. The Kier molecular flexibility index (Phi) is 5.31. The first-order valence-electron chi connectivity index (χ1n) is 12.2. The first-order chi connectivity index (χ1) is 15.8. The van der Waals surface area contributed by atoms with E-state index in [1.54, 1.807) is 0 Å². The van der Waals surface area contributed by atoms with E-state index in [9.17, 15) is 0 Å². The second-order valence-corrected chi connectivity index (χ2v) is 9.63. The van der Waals surface area contributed by atoms with Crippen LogP contribution >= 0.6 is 0 Å². The normalized spacial score (nSPS) is 23.5. The number of nitrogens with zero attached hydrogens (tertiary/aromatic N) is 5. The van der Waals surface area contributed by atoms with Crippen molar-refractivity contribution in [1.29, 1.82) is 0 Å². The second kappa shape index (κ2) is 8.45. The molecular weight excluding hydrogens is 400 g/mol. The predicted octanol–water partition coefficient (Wildman–Crippen LogP) is 3.90. The van der Waals surface area contributed by atoms with Crippen molar-refractivity contribution in [3.8, 4) is 11.3 Å². The summed E-state index contributed by atoms with van der Waals surface area (Å²) in [6.45, 7) is 4.20. The van der Waals surface area contributed by atoms with E-state index in [0.717, 1.165) is 61.9 Å². The van der Waals surface area contributed by atoms with E-state index in [1.807, 2.05) is 6.20 Å². The lowest BCUT2D eigenvalue weighted by atomic mass is 9.77. The van der Waals surface area contributed by atoms with Gasteiger partial charge in [0.2, 0.25) is 0 Å². The van der Waals surface area contributed by atoms with Crippen molar-refractivity contribution in [2.75, 3.05) is 37.7 Å². The molecular formula is C25H32N6O. The zero-order valence-electron chi connectivity index (χ0n) is 18.6. The Morgan fingerprint density at radius 2 is 1.94 bits per heavy atom. The van der Waals surface area contributed by atoms with Gasteiger partial charge in [-0.25, -0.2) is 4.98 Å². The number of morpholine rings is 1. The summed E-state index contributed by atoms with van der Waals surface area (Å²) in [7, 11) is 0. The van der Waals surface area contributed by atoms with Crippen LogP contribution in [0.1, 0.15) is 56.2 Å². The standard InChI is InChI=1S/C25H32N6O/c26-7-1-2-17-12-20(13-17)31-16-21(25(29-31)18-3-4-18)24-15-27-22-6-5-19(14-23(22)28-24)30-8-10-32-11-9-30/h5-6,14-18,20H,1-4,7-13,26H2. The summed E-state index contributed by atoms with van der Waals surface area (Å²) >= 11 is 0. The summed E-state index contributed by atoms with van der Waals surface area (Å²) in [5.41, 5.74) is 12.1. The zero-order chi connectivity index (χ0) is 21.5. The maximum absolute atomic E-state index is 5.68. The summed E-state index contributed by atoms with van der Waals surface area (Å²) in [5, 5.41) is 5.06. The van der Waals surface area contributed by atoms with Crippen molar-refractivity contribution in [3.63, 3.8) is 0 Å². The molecule has 2 saturated carbocycles. The lowest BCUT2D eigenvalue weighted by Gasteiger charge is -2.35. The van der Waals surface area contributed by atoms with Gasteiger partial charge < -0.3 is 15.4 Å². The van der Waals surface area contributed by atoms with E-state index in [4.69, 9.17) is 25.5 Å². The molecule has 3 aliphatic rings. The Morgan fingerprint density at radius 1 is 1.09 bits per heavy atom. The Morgan fingerprint density at radius 3 is 2.72 bits per heavy atom. The molecule has 2 aliphatic carbocycles. The molecule has 1 aliphatic heterocycles. The van der Waals surface area contributed by atoms with Crippen molar-refractivity contribution >= 4 is 16.7 Å². The highest BCUT2D eigenvalue weighted by molar-refractivity contribution is 5.81. The first kappa shape index (κ1) is 20.1. The van der Waals surface area contributed by atoms with Gasteiger partial charge in [-0.3, -0.25) is 9.67 Å². The molecule has 7 nitrogen and oxygen atoms in total. The lowest BCUT2D eigenvalue weighted by Crippen LogP contribution is -2.36. The van der Waals surface area contributed by atoms with Crippen molar-refractivity contribution in [2.24, 2.45) is 11.7 Å². The van der Waals surface area contributed by atoms with Gasteiger partial charge in [-0.05, 0) is 69.2 Å². The number of rotatable bonds is 7. The van der Waals surface area contributed by atoms with Gasteiger partial charge in [-0.2, -0.15) is 5.10 Å². The van der Waals surface area contributed by atoms with Gasteiger partial charge in [0.05, 0.1) is 47.9 Å². The zero-order valence-corrected chi connectivity index (χ0v) is 18.6. The van der Waals surface area contributed by atoms with Crippen LogP contribution in [-0.4, -0.2) is 52.6 Å². The number of anilines is 1. The number of aromatic nitrogens is 4. The molecule has 0 spiro atoms. The molecule has 3 aromatic rings. The van der Waals surface area contributed by atoms with Crippen LogP contribution in [0.3, 0.4) is 0 Å². The Bertz CT molecular complexity index is 1100. The van der Waals surface area contributed by atoms with Gasteiger partial charge in [0.1, 0.15) is 0 Å². The van der Waals surface area contributed by atoms with Crippen molar-refractivity contribution in [3.05, 3.63) is 36.3 Å². The van der Waals surface area contributed by atoms with Crippen LogP contribution in [-0.2, 0) is 4.74 Å². The number of benzene rings is 1. The third kappa shape index (κ3) is 3.88. The van der Waals surface area contributed by atoms with Gasteiger partial charge in [-0.1, -0.05) is 0 Å². The van der Waals surface area contributed by atoms with E-state index >= 15 is 0 Å². The monoisotopic (exact) mass is 432 g/mol. The maximum Gasteiger partial charge on any atom is 0.0927 e. The molecule has 0 radical (unpaired) electrons. The minimum Gasteiger partial charge on any atom is -0.378 e. The topological polar surface area (TPSA) is 82.1 Å². The predicted molar refractivity (Wildman–Crippen MR) is 126 cm³/mol. The van der Waals surface area contributed by atoms with Gasteiger partial charge in [-0.15, -0.1) is 0 Å². The number of hydrogen-bond donors (Lipinski definition) is 1. The third-order valence-electron chi connectivity index (χ3n) is 7.30. The minimum atomic E-state index is 0.519. The van der Waals surface area contributed by atoms with Gasteiger partial charge >= 0.3 is 0 Å². The number of ether oxygens (including phenoxy) is 1. The third-order valence-corrected chi connectivity index (χ3v) is 7.30. The highest BCUT2D eigenvalue weighted by Gasteiger charge is 2.35. The molecule has 0 atom stereocenters. The summed E-state index contributed by atoms with van der Waals surface area (Å²) in [4.78, 5) is 12.2. The average molecular weight is 433 g/mol. The summed E-state index contributed by atoms with van der Waals surface area (Å²) < 4.78 is 7.72. The largest absolute Gasteiger partial charge is 0.378 e. The number of hydrogen-bond acceptors (Lipinski definition) is 6. The van der Waals surface area contributed by atoms with Crippen LogP contribution in [0.2, 0.25) is 0 Å². The molecule has 6 rings (SSSR count). The van der Waals surface area contributed by atoms with Crippen molar-refractivity contribution in [1.82, 2.24) is 19.7 Å². The Balaban J connectivity index is 1.28. The Hall–Kier alpha value is -2.51. The van der Waals surface area contributed by atoms with Gasteiger partial charge in [0.15, 0.2) is 0 Å².